The Kier molecular flexibility index (Phi) is 2.33. The van der Waals surface area contributed by atoms with Gasteiger partial charge in [-0.1, -0.05) is 18.2 Å². The van der Waals surface area contributed by atoms with E-state index in [2.05, 4.69) is 16.0 Å². The molecule has 2 heterocycles. The zero-order valence-electron chi connectivity index (χ0n) is 9.21. The van der Waals surface area contributed by atoms with E-state index in [1.807, 2.05) is 18.2 Å². The molecule has 4 nitrogen and oxygen atoms in total. The highest BCUT2D eigenvalue weighted by Crippen LogP contribution is 2.28. The number of rotatable bonds is 1. The van der Waals surface area contributed by atoms with Crippen LogP contribution in [0.1, 0.15) is 16.1 Å². The van der Waals surface area contributed by atoms with Crippen LogP contribution in [0.2, 0.25) is 0 Å². The second-order valence-electron chi connectivity index (χ2n) is 3.93. The maximum absolute atomic E-state index is 12.2. The van der Waals surface area contributed by atoms with Gasteiger partial charge in [0.25, 0.3) is 5.91 Å². The molecule has 0 N–H and O–H groups in total. The predicted molar refractivity (Wildman–Crippen MR) is 63.9 cm³/mol. The van der Waals surface area contributed by atoms with E-state index in [-0.39, 0.29) is 5.91 Å². The minimum absolute atomic E-state index is 0.0580. The third kappa shape index (κ3) is 1.67. The molecule has 0 spiro atoms. The van der Waals surface area contributed by atoms with E-state index in [0.717, 1.165) is 18.7 Å². The minimum Gasteiger partial charge on any atom is -0.306 e. The molecule has 0 fully saturated rings. The molecular weight excluding hydrogens is 214 g/mol. The summed E-state index contributed by atoms with van der Waals surface area (Å²) in [5.41, 5.74) is 2.66. The van der Waals surface area contributed by atoms with Crippen molar-refractivity contribution in [1.29, 1.82) is 0 Å². The van der Waals surface area contributed by atoms with E-state index >= 15 is 0 Å². The van der Waals surface area contributed by atoms with Gasteiger partial charge in [0.2, 0.25) is 0 Å². The molecule has 4 heteroatoms. The zero-order valence-corrected chi connectivity index (χ0v) is 9.21. The van der Waals surface area contributed by atoms with Gasteiger partial charge in [0.1, 0.15) is 12.0 Å². The number of amides is 1. The van der Waals surface area contributed by atoms with Crippen LogP contribution < -0.4 is 4.90 Å². The topological polar surface area (TPSA) is 46.1 Å². The molecule has 0 atom stereocenters. The molecule has 0 saturated heterocycles. The minimum atomic E-state index is -0.0580. The van der Waals surface area contributed by atoms with Crippen LogP contribution in [0.25, 0.3) is 0 Å². The quantitative estimate of drug-likeness (QED) is 0.741. The van der Waals surface area contributed by atoms with Crippen molar-refractivity contribution >= 4 is 11.6 Å². The van der Waals surface area contributed by atoms with Crippen molar-refractivity contribution in [2.24, 2.45) is 0 Å². The largest absolute Gasteiger partial charge is 0.306 e. The van der Waals surface area contributed by atoms with Crippen LogP contribution in [0, 0.1) is 0 Å². The second kappa shape index (κ2) is 3.97. The molecule has 0 bridgehead atoms. The highest BCUT2D eigenvalue weighted by atomic mass is 16.2. The molecule has 1 aliphatic rings. The number of para-hydroxylation sites is 1. The summed E-state index contributed by atoms with van der Waals surface area (Å²) in [6.07, 6.45) is 3.89. The number of hydrogen-bond donors (Lipinski definition) is 0. The monoisotopic (exact) mass is 225 g/mol. The summed E-state index contributed by atoms with van der Waals surface area (Å²) in [4.78, 5) is 21.8. The van der Waals surface area contributed by atoms with Gasteiger partial charge in [0.05, 0.1) is 0 Å². The molecule has 0 saturated carbocycles. The molecule has 0 radical (unpaired) electrons. The average molecular weight is 225 g/mol. The maximum Gasteiger partial charge on any atom is 0.277 e. The fraction of sp³-hybridized carbons (Fsp3) is 0.154. The molecule has 84 valence electrons. The summed E-state index contributed by atoms with van der Waals surface area (Å²) in [6, 6.07) is 9.62. The number of hydrogen-bond acceptors (Lipinski definition) is 3. The highest BCUT2D eigenvalue weighted by Gasteiger charge is 2.25. The van der Waals surface area contributed by atoms with Crippen LogP contribution in [0.4, 0.5) is 5.69 Å². The SMILES string of the molecule is O=C(c1ccncn1)N1CCc2ccccc21. The van der Waals surface area contributed by atoms with Gasteiger partial charge in [0.15, 0.2) is 0 Å². The van der Waals surface area contributed by atoms with Crippen LogP contribution in [-0.4, -0.2) is 22.4 Å². The van der Waals surface area contributed by atoms with Crippen LogP contribution in [0.15, 0.2) is 42.9 Å². The molecular formula is C13H11N3O. The van der Waals surface area contributed by atoms with Crippen LogP contribution >= 0.6 is 0 Å². The standard InChI is InChI=1S/C13H11N3O/c17-13(11-5-7-14-9-15-11)16-8-6-10-3-1-2-4-12(10)16/h1-5,7,9H,6,8H2. The van der Waals surface area contributed by atoms with Crippen LogP contribution in [0.5, 0.6) is 0 Å². The summed E-state index contributed by atoms with van der Waals surface area (Å²) in [6.45, 7) is 0.724. The van der Waals surface area contributed by atoms with Gasteiger partial charge in [-0.3, -0.25) is 4.79 Å². The lowest BCUT2D eigenvalue weighted by atomic mass is 10.2. The predicted octanol–water partition coefficient (Wildman–Crippen LogP) is 1.68. The average Bonchev–Trinajstić information content (AvgIpc) is 2.83. The smallest absolute Gasteiger partial charge is 0.277 e. The van der Waals surface area contributed by atoms with E-state index in [4.69, 9.17) is 0 Å². The number of carbonyl (C=O) groups excluding carboxylic acids is 1. The number of fused-ring (bicyclic) bond motifs is 1. The first kappa shape index (κ1) is 9.96. The molecule has 1 aromatic carbocycles. The molecule has 3 rings (SSSR count). The van der Waals surface area contributed by atoms with Crippen LogP contribution in [0.3, 0.4) is 0 Å². The van der Waals surface area contributed by atoms with E-state index in [9.17, 15) is 4.79 Å². The fourth-order valence-corrected chi connectivity index (χ4v) is 2.10. The number of nitrogens with zero attached hydrogens (tertiary/aromatic N) is 3. The first-order valence-electron chi connectivity index (χ1n) is 5.52. The van der Waals surface area contributed by atoms with Crippen molar-refractivity contribution in [3.63, 3.8) is 0 Å². The van der Waals surface area contributed by atoms with E-state index < -0.39 is 0 Å². The summed E-state index contributed by atoms with van der Waals surface area (Å²) in [5.74, 6) is -0.0580. The van der Waals surface area contributed by atoms with Gasteiger partial charge in [-0.15, -0.1) is 0 Å². The molecule has 1 amide bonds. The molecule has 17 heavy (non-hydrogen) atoms. The molecule has 0 aliphatic carbocycles. The van der Waals surface area contributed by atoms with Crippen molar-refractivity contribution in [3.05, 3.63) is 54.1 Å². The van der Waals surface area contributed by atoms with Crippen molar-refractivity contribution in [3.8, 4) is 0 Å². The first-order valence-corrected chi connectivity index (χ1v) is 5.52. The Hall–Kier alpha value is -2.23. The van der Waals surface area contributed by atoms with E-state index in [0.29, 0.717) is 5.69 Å². The number of aromatic nitrogens is 2. The number of carbonyl (C=O) groups is 1. The van der Waals surface area contributed by atoms with Gasteiger partial charge in [-0.05, 0) is 24.1 Å². The molecule has 0 unspecified atom stereocenters. The van der Waals surface area contributed by atoms with E-state index in [1.165, 1.54) is 11.9 Å². The summed E-state index contributed by atoms with van der Waals surface area (Å²) < 4.78 is 0. The Morgan fingerprint density at radius 2 is 2.12 bits per heavy atom. The highest BCUT2D eigenvalue weighted by molar-refractivity contribution is 6.05. The van der Waals surface area contributed by atoms with Gasteiger partial charge < -0.3 is 4.90 Å². The molecule has 2 aromatic rings. The van der Waals surface area contributed by atoms with Crippen molar-refractivity contribution < 1.29 is 4.79 Å². The van der Waals surface area contributed by atoms with Gasteiger partial charge in [-0.25, -0.2) is 9.97 Å². The molecule has 1 aromatic heterocycles. The van der Waals surface area contributed by atoms with Gasteiger partial charge >= 0.3 is 0 Å². The van der Waals surface area contributed by atoms with Crippen molar-refractivity contribution in [1.82, 2.24) is 9.97 Å². The lowest BCUT2D eigenvalue weighted by Gasteiger charge is -2.16. The lowest BCUT2D eigenvalue weighted by Crippen LogP contribution is -2.29. The van der Waals surface area contributed by atoms with E-state index in [1.54, 1.807) is 17.2 Å². The van der Waals surface area contributed by atoms with Gasteiger partial charge in [-0.2, -0.15) is 0 Å². The normalized spacial score (nSPS) is 13.5. The number of anilines is 1. The summed E-state index contributed by atoms with van der Waals surface area (Å²) >= 11 is 0. The summed E-state index contributed by atoms with van der Waals surface area (Å²) in [7, 11) is 0. The third-order valence-corrected chi connectivity index (χ3v) is 2.93. The second-order valence-corrected chi connectivity index (χ2v) is 3.93. The Balaban J connectivity index is 1.95. The van der Waals surface area contributed by atoms with Crippen molar-refractivity contribution in [2.75, 3.05) is 11.4 Å². The molecule has 1 aliphatic heterocycles. The Morgan fingerprint density at radius 3 is 2.94 bits per heavy atom. The van der Waals surface area contributed by atoms with Crippen LogP contribution in [-0.2, 0) is 6.42 Å². The lowest BCUT2D eigenvalue weighted by molar-refractivity contribution is 0.0984. The maximum atomic E-state index is 12.2. The Bertz CT molecular complexity index is 554. The summed E-state index contributed by atoms with van der Waals surface area (Å²) in [5, 5.41) is 0. The zero-order chi connectivity index (χ0) is 11.7. The van der Waals surface area contributed by atoms with Gasteiger partial charge in [0, 0.05) is 18.4 Å². The number of benzene rings is 1. The first-order chi connectivity index (χ1) is 8.36. The van der Waals surface area contributed by atoms with Crippen molar-refractivity contribution in [2.45, 2.75) is 6.42 Å². The fourth-order valence-electron chi connectivity index (χ4n) is 2.10. The Labute approximate surface area is 98.9 Å². The third-order valence-electron chi connectivity index (χ3n) is 2.93. The Morgan fingerprint density at radius 1 is 1.24 bits per heavy atom.